The zero-order valence-corrected chi connectivity index (χ0v) is 19.0. The van der Waals surface area contributed by atoms with Crippen molar-refractivity contribution >= 4 is 34.8 Å². The molecule has 0 aromatic heterocycles. The van der Waals surface area contributed by atoms with Crippen molar-refractivity contribution in [3.8, 4) is 0 Å². The molecular formula is C26H28N4O3. The summed E-state index contributed by atoms with van der Waals surface area (Å²) in [7, 11) is 1.70. The van der Waals surface area contributed by atoms with E-state index in [9.17, 15) is 14.4 Å². The van der Waals surface area contributed by atoms with Crippen molar-refractivity contribution in [2.45, 2.75) is 19.9 Å². The summed E-state index contributed by atoms with van der Waals surface area (Å²) in [5.74, 6) is -0.508. The van der Waals surface area contributed by atoms with Crippen LogP contribution in [0.25, 0.3) is 0 Å². The van der Waals surface area contributed by atoms with Crippen LogP contribution in [0, 0.1) is 0 Å². The molecule has 3 N–H and O–H groups in total. The summed E-state index contributed by atoms with van der Waals surface area (Å²) in [5, 5.41) is 8.82. The van der Waals surface area contributed by atoms with Crippen LogP contribution in [0.4, 0.5) is 17.1 Å². The molecule has 0 aliphatic carbocycles. The van der Waals surface area contributed by atoms with E-state index in [0.29, 0.717) is 11.3 Å². The highest BCUT2D eigenvalue weighted by Gasteiger charge is 2.12. The average Bonchev–Trinajstić information content (AvgIpc) is 2.83. The molecule has 0 heterocycles. The van der Waals surface area contributed by atoms with Crippen LogP contribution in [0.2, 0.25) is 0 Å². The van der Waals surface area contributed by atoms with Gasteiger partial charge in [0.1, 0.15) is 0 Å². The fraction of sp³-hybridized carbons (Fsp3) is 0.192. The lowest BCUT2D eigenvalue weighted by molar-refractivity contribution is -0.116. The van der Waals surface area contributed by atoms with Gasteiger partial charge >= 0.3 is 0 Å². The highest BCUT2D eigenvalue weighted by atomic mass is 16.2. The summed E-state index contributed by atoms with van der Waals surface area (Å²) in [6.45, 7) is 3.48. The quantitative estimate of drug-likeness (QED) is 0.485. The Hall–Kier alpha value is -4.13. The van der Waals surface area contributed by atoms with E-state index >= 15 is 0 Å². The van der Waals surface area contributed by atoms with Gasteiger partial charge in [0.25, 0.3) is 5.91 Å². The summed E-state index contributed by atoms with van der Waals surface area (Å²) >= 11 is 0. The lowest BCUT2D eigenvalue weighted by atomic mass is 10.1. The average molecular weight is 445 g/mol. The first-order valence-corrected chi connectivity index (χ1v) is 10.7. The molecule has 0 saturated carbocycles. The Bertz CT molecular complexity index is 1110. The van der Waals surface area contributed by atoms with Gasteiger partial charge in [-0.05, 0) is 55.0 Å². The van der Waals surface area contributed by atoms with E-state index < -0.39 is 0 Å². The summed E-state index contributed by atoms with van der Waals surface area (Å²) < 4.78 is 0. The number of amides is 3. The van der Waals surface area contributed by atoms with Crippen LogP contribution in [0.5, 0.6) is 0 Å². The molecule has 7 nitrogen and oxygen atoms in total. The molecule has 0 aliphatic heterocycles. The molecule has 0 saturated heterocycles. The summed E-state index contributed by atoms with van der Waals surface area (Å²) in [6.07, 6.45) is 0. The molecule has 0 spiro atoms. The van der Waals surface area contributed by atoms with Crippen LogP contribution in [0.15, 0.2) is 78.9 Å². The number of nitrogens with one attached hydrogen (secondary N) is 3. The molecule has 3 amide bonds. The normalized spacial score (nSPS) is 11.2. The number of benzene rings is 3. The number of hydrogen-bond donors (Lipinski definition) is 3. The van der Waals surface area contributed by atoms with Crippen molar-refractivity contribution in [1.29, 1.82) is 0 Å². The van der Waals surface area contributed by atoms with E-state index in [-0.39, 0.29) is 30.3 Å². The third-order valence-corrected chi connectivity index (χ3v) is 5.24. The second-order valence-corrected chi connectivity index (χ2v) is 7.71. The summed E-state index contributed by atoms with van der Waals surface area (Å²) in [4.78, 5) is 38.0. The van der Waals surface area contributed by atoms with Crippen molar-refractivity contribution in [2.75, 3.05) is 29.1 Å². The van der Waals surface area contributed by atoms with Crippen molar-refractivity contribution in [2.24, 2.45) is 0 Å². The van der Waals surface area contributed by atoms with E-state index in [1.807, 2.05) is 37.3 Å². The second kappa shape index (κ2) is 10.9. The Morgan fingerprint density at radius 2 is 1.58 bits per heavy atom. The van der Waals surface area contributed by atoms with E-state index in [0.717, 1.165) is 16.9 Å². The van der Waals surface area contributed by atoms with E-state index in [1.165, 1.54) is 6.92 Å². The Kier molecular flexibility index (Phi) is 7.81. The number of carbonyl (C=O) groups excluding carboxylic acids is 3. The lowest BCUT2D eigenvalue weighted by Crippen LogP contribution is -2.27. The lowest BCUT2D eigenvalue weighted by Gasteiger charge is -2.16. The summed E-state index contributed by atoms with van der Waals surface area (Å²) in [5.41, 5.74) is 3.55. The first-order chi connectivity index (χ1) is 15.8. The van der Waals surface area contributed by atoms with E-state index in [4.69, 9.17) is 0 Å². The molecule has 7 heteroatoms. The zero-order valence-electron chi connectivity index (χ0n) is 19.0. The number of hydrogen-bond acceptors (Lipinski definition) is 4. The maximum atomic E-state index is 12.6. The van der Waals surface area contributed by atoms with Crippen LogP contribution in [0.1, 0.15) is 35.8 Å². The third kappa shape index (κ3) is 6.67. The molecule has 0 bridgehead atoms. The molecule has 3 rings (SSSR count). The Labute approximate surface area is 193 Å². The molecule has 33 heavy (non-hydrogen) atoms. The van der Waals surface area contributed by atoms with E-state index in [2.05, 4.69) is 16.0 Å². The van der Waals surface area contributed by atoms with Gasteiger partial charge in [-0.15, -0.1) is 0 Å². The fourth-order valence-corrected chi connectivity index (χ4v) is 3.22. The number of anilines is 3. The molecule has 1 unspecified atom stereocenters. The highest BCUT2D eigenvalue weighted by molar-refractivity contribution is 5.98. The highest BCUT2D eigenvalue weighted by Crippen LogP contribution is 2.17. The van der Waals surface area contributed by atoms with Crippen molar-refractivity contribution in [3.63, 3.8) is 0 Å². The van der Waals surface area contributed by atoms with Gasteiger partial charge in [0.2, 0.25) is 11.8 Å². The molecular weight excluding hydrogens is 416 g/mol. The maximum Gasteiger partial charge on any atom is 0.251 e. The number of rotatable bonds is 8. The largest absolute Gasteiger partial charge is 0.376 e. The molecule has 0 radical (unpaired) electrons. The minimum absolute atomic E-state index is 0.0551. The van der Waals surface area contributed by atoms with Gasteiger partial charge < -0.3 is 20.9 Å². The molecule has 3 aromatic carbocycles. The third-order valence-electron chi connectivity index (χ3n) is 5.24. The van der Waals surface area contributed by atoms with E-state index in [1.54, 1.807) is 60.5 Å². The zero-order chi connectivity index (χ0) is 23.8. The standard InChI is InChI=1S/C26H28N4O3/c1-18(20-8-5-4-6-9-20)28-26(33)21-10-7-11-23(16-21)29-25(32)17-27-22-12-14-24(15-13-22)30(3)19(2)31/h4-16,18,27H,17H2,1-3H3,(H,28,33)(H,29,32). The SMILES string of the molecule is CC(=O)N(C)c1ccc(NCC(=O)Nc2cccc(C(=O)NC(C)c3ccccc3)c2)cc1. The first-order valence-electron chi connectivity index (χ1n) is 10.7. The monoisotopic (exact) mass is 444 g/mol. The van der Waals surface area contributed by atoms with Crippen LogP contribution < -0.4 is 20.9 Å². The summed E-state index contributed by atoms with van der Waals surface area (Å²) in [6, 6.07) is 23.6. The molecule has 0 fully saturated rings. The fourth-order valence-electron chi connectivity index (χ4n) is 3.22. The Morgan fingerprint density at radius 1 is 0.879 bits per heavy atom. The van der Waals surface area contributed by atoms with Gasteiger partial charge in [-0.25, -0.2) is 0 Å². The van der Waals surface area contributed by atoms with Gasteiger partial charge in [0.05, 0.1) is 12.6 Å². The maximum absolute atomic E-state index is 12.6. The Balaban J connectivity index is 1.53. The topological polar surface area (TPSA) is 90.5 Å². The number of carbonyl (C=O) groups is 3. The van der Waals surface area contributed by atoms with Crippen LogP contribution in [0.3, 0.4) is 0 Å². The molecule has 3 aromatic rings. The molecule has 0 aliphatic rings. The minimum Gasteiger partial charge on any atom is -0.376 e. The van der Waals surface area contributed by atoms with Gasteiger partial charge in [0.15, 0.2) is 0 Å². The van der Waals surface area contributed by atoms with Gasteiger partial charge in [0, 0.05) is 36.6 Å². The Morgan fingerprint density at radius 3 is 2.24 bits per heavy atom. The van der Waals surface area contributed by atoms with Crippen molar-refractivity contribution in [3.05, 3.63) is 90.0 Å². The first kappa shape index (κ1) is 23.5. The van der Waals surface area contributed by atoms with Gasteiger partial charge in [-0.2, -0.15) is 0 Å². The predicted molar refractivity (Wildman–Crippen MR) is 131 cm³/mol. The number of nitrogens with zero attached hydrogens (tertiary/aromatic N) is 1. The molecule has 170 valence electrons. The predicted octanol–water partition coefficient (Wildman–Crippen LogP) is 4.21. The minimum atomic E-state index is -0.241. The van der Waals surface area contributed by atoms with Crippen molar-refractivity contribution < 1.29 is 14.4 Å². The second-order valence-electron chi connectivity index (χ2n) is 7.71. The molecule has 1 atom stereocenters. The van der Waals surface area contributed by atoms with Crippen LogP contribution in [-0.4, -0.2) is 31.3 Å². The van der Waals surface area contributed by atoms with Crippen LogP contribution in [-0.2, 0) is 9.59 Å². The van der Waals surface area contributed by atoms with Crippen molar-refractivity contribution in [1.82, 2.24) is 5.32 Å². The van der Waals surface area contributed by atoms with Gasteiger partial charge in [-0.3, -0.25) is 14.4 Å². The van der Waals surface area contributed by atoms with Crippen LogP contribution >= 0.6 is 0 Å². The van der Waals surface area contributed by atoms with Gasteiger partial charge in [-0.1, -0.05) is 36.4 Å². The smallest absolute Gasteiger partial charge is 0.251 e.